The number of nitrogens with one attached hydrogen (secondary N) is 2. The largest absolute Gasteiger partial charge is 0.485 e. The van der Waals surface area contributed by atoms with Gasteiger partial charge in [-0.05, 0) is 45.0 Å². The van der Waals surface area contributed by atoms with Crippen molar-refractivity contribution in [1.29, 1.82) is 0 Å². The minimum atomic E-state index is -1.32. The zero-order valence-corrected chi connectivity index (χ0v) is 22.5. The fraction of sp³-hybridized carbons (Fsp3) is 0.321. The van der Waals surface area contributed by atoms with E-state index in [4.69, 9.17) is 9.72 Å². The van der Waals surface area contributed by atoms with E-state index in [0.717, 1.165) is 6.07 Å². The van der Waals surface area contributed by atoms with Gasteiger partial charge in [-0.15, -0.1) is 0 Å². The van der Waals surface area contributed by atoms with Crippen LogP contribution in [-0.2, 0) is 16.8 Å². The van der Waals surface area contributed by atoms with Gasteiger partial charge in [0.15, 0.2) is 28.9 Å². The second-order valence-electron chi connectivity index (χ2n) is 10.5. The van der Waals surface area contributed by atoms with E-state index in [1.165, 1.54) is 0 Å². The number of hydrogen-bond acceptors (Lipinski definition) is 7. The van der Waals surface area contributed by atoms with Crippen LogP contribution in [-0.4, -0.2) is 62.2 Å². The summed E-state index contributed by atoms with van der Waals surface area (Å²) in [4.78, 5) is 42.2. The number of aryl methyl sites for hydroxylation is 1. The highest BCUT2D eigenvalue weighted by atomic mass is 19.2. The van der Waals surface area contributed by atoms with E-state index in [1.807, 2.05) is 0 Å². The summed E-state index contributed by atoms with van der Waals surface area (Å²) < 4.78 is 49.4. The second kappa shape index (κ2) is 9.84. The Kier molecular flexibility index (Phi) is 6.40. The normalized spacial score (nSPS) is 16.1. The minimum absolute atomic E-state index is 0.133. The predicted molar refractivity (Wildman–Crippen MR) is 142 cm³/mol. The highest BCUT2D eigenvalue weighted by molar-refractivity contribution is 6.09. The lowest BCUT2D eigenvalue weighted by Gasteiger charge is -2.28. The number of benzene rings is 1. The van der Waals surface area contributed by atoms with Crippen molar-refractivity contribution in [3.05, 3.63) is 70.4 Å². The van der Waals surface area contributed by atoms with Crippen LogP contribution in [0, 0.1) is 24.4 Å². The number of carbonyl (C=O) groups excluding carboxylic acids is 2. The molecule has 0 radical (unpaired) electrons. The molecule has 2 aliphatic heterocycles. The van der Waals surface area contributed by atoms with Crippen LogP contribution in [0.25, 0.3) is 17.2 Å². The van der Waals surface area contributed by atoms with E-state index >= 15 is 0 Å². The predicted octanol–water partition coefficient (Wildman–Crippen LogP) is 3.37. The van der Waals surface area contributed by atoms with Gasteiger partial charge in [-0.3, -0.25) is 14.0 Å². The molecule has 0 aliphatic carbocycles. The average molecular weight is 566 g/mol. The zero-order chi connectivity index (χ0) is 29.1. The third-order valence-corrected chi connectivity index (χ3v) is 7.45. The minimum Gasteiger partial charge on any atom is -0.485 e. The number of halogens is 3. The van der Waals surface area contributed by atoms with E-state index in [1.54, 1.807) is 48.4 Å². The van der Waals surface area contributed by atoms with Crippen LogP contribution >= 0.6 is 0 Å². The summed E-state index contributed by atoms with van der Waals surface area (Å²) in [5, 5.41) is 6.01. The van der Waals surface area contributed by atoms with Crippen LogP contribution < -0.4 is 15.4 Å². The maximum Gasteiger partial charge on any atom is 0.273 e. The molecule has 212 valence electrons. The number of pyridine rings is 1. The lowest BCUT2D eigenvalue weighted by atomic mass is 9.85. The Balaban J connectivity index is 1.44. The Bertz CT molecular complexity index is 1730. The SMILES string of the molecule is Cc1nc2c(OCc3c(F)ccc(F)c3F)cccn2c1-c1nc2c(c(C(=O)N3CCNCC3)n1)C(C)(C)C(=O)N2. The van der Waals surface area contributed by atoms with Crippen molar-refractivity contribution in [2.45, 2.75) is 32.8 Å². The van der Waals surface area contributed by atoms with Gasteiger partial charge in [-0.25, -0.2) is 28.1 Å². The number of carbonyl (C=O) groups is 2. The van der Waals surface area contributed by atoms with Gasteiger partial charge < -0.3 is 20.3 Å². The standard InChI is InChI=1S/C28H26F3N7O3/c1-14-22(38-10-4-5-18(25(38)33-14)41-13-15-16(29)6-7-17(30)20(15)31)24-34-21(26(39)37-11-8-32-9-12-37)19-23(35-24)36-27(40)28(19,2)3/h4-7,10,32H,8-9,11-13H2,1-3H3,(H,34,35,36,40). The van der Waals surface area contributed by atoms with Crippen molar-refractivity contribution in [1.82, 2.24) is 29.6 Å². The van der Waals surface area contributed by atoms with E-state index in [-0.39, 0.29) is 34.9 Å². The molecule has 0 saturated carbocycles. The molecule has 3 aromatic heterocycles. The van der Waals surface area contributed by atoms with Crippen LogP contribution in [0.1, 0.15) is 41.2 Å². The third-order valence-electron chi connectivity index (χ3n) is 7.45. The lowest BCUT2D eigenvalue weighted by molar-refractivity contribution is -0.119. The summed E-state index contributed by atoms with van der Waals surface area (Å²) in [7, 11) is 0. The molecular weight excluding hydrogens is 539 g/mol. The number of hydrogen-bond donors (Lipinski definition) is 2. The molecule has 0 atom stereocenters. The summed E-state index contributed by atoms with van der Waals surface area (Å²) in [6.07, 6.45) is 1.68. The Morgan fingerprint density at radius 1 is 1.07 bits per heavy atom. The van der Waals surface area contributed by atoms with Gasteiger partial charge in [0.25, 0.3) is 5.91 Å². The molecule has 13 heteroatoms. The third kappa shape index (κ3) is 4.36. The maximum atomic E-state index is 14.2. The lowest BCUT2D eigenvalue weighted by Crippen LogP contribution is -2.47. The monoisotopic (exact) mass is 565 g/mol. The van der Waals surface area contributed by atoms with E-state index < -0.39 is 35.0 Å². The molecule has 2 amide bonds. The van der Waals surface area contributed by atoms with Crippen LogP contribution in [0.4, 0.5) is 19.0 Å². The Morgan fingerprint density at radius 2 is 1.80 bits per heavy atom. The maximum absolute atomic E-state index is 14.2. The van der Waals surface area contributed by atoms with Gasteiger partial charge in [0.2, 0.25) is 5.91 Å². The van der Waals surface area contributed by atoms with Crippen molar-refractivity contribution in [3.8, 4) is 17.3 Å². The molecule has 6 rings (SSSR count). The van der Waals surface area contributed by atoms with E-state index in [9.17, 15) is 22.8 Å². The molecule has 0 bridgehead atoms. The molecule has 1 saturated heterocycles. The van der Waals surface area contributed by atoms with Gasteiger partial charge >= 0.3 is 0 Å². The molecule has 41 heavy (non-hydrogen) atoms. The molecule has 5 heterocycles. The number of amides is 2. The molecule has 0 unspecified atom stereocenters. The zero-order valence-electron chi connectivity index (χ0n) is 22.5. The molecule has 2 N–H and O–H groups in total. The highest BCUT2D eigenvalue weighted by Crippen LogP contribution is 2.40. The van der Waals surface area contributed by atoms with Gasteiger partial charge in [0.05, 0.1) is 16.7 Å². The summed E-state index contributed by atoms with van der Waals surface area (Å²) in [6.45, 7) is 6.87. The van der Waals surface area contributed by atoms with Crippen LogP contribution in [0.5, 0.6) is 5.75 Å². The fourth-order valence-corrected chi connectivity index (χ4v) is 5.19. The summed E-state index contributed by atoms with van der Waals surface area (Å²) in [5.74, 6) is -3.45. The van der Waals surface area contributed by atoms with Crippen molar-refractivity contribution in [3.63, 3.8) is 0 Å². The number of piperazine rings is 1. The summed E-state index contributed by atoms with van der Waals surface area (Å²) in [6, 6.07) is 4.74. The van der Waals surface area contributed by atoms with Gasteiger partial charge in [-0.1, -0.05) is 0 Å². The number of imidazole rings is 1. The van der Waals surface area contributed by atoms with Crippen molar-refractivity contribution >= 4 is 23.3 Å². The van der Waals surface area contributed by atoms with Crippen LogP contribution in [0.15, 0.2) is 30.5 Å². The van der Waals surface area contributed by atoms with Crippen LogP contribution in [0.2, 0.25) is 0 Å². The van der Waals surface area contributed by atoms with Gasteiger partial charge in [-0.2, -0.15) is 0 Å². The number of ether oxygens (including phenoxy) is 1. The number of rotatable bonds is 5. The first-order valence-corrected chi connectivity index (χ1v) is 13.0. The fourth-order valence-electron chi connectivity index (χ4n) is 5.19. The van der Waals surface area contributed by atoms with E-state index in [0.29, 0.717) is 54.8 Å². The summed E-state index contributed by atoms with van der Waals surface area (Å²) in [5.41, 5.74) is 0.202. The van der Waals surface area contributed by atoms with Crippen LogP contribution in [0.3, 0.4) is 0 Å². The number of nitrogens with zero attached hydrogens (tertiary/aromatic N) is 5. The number of aromatic nitrogens is 4. The molecule has 0 spiro atoms. The molecule has 10 nitrogen and oxygen atoms in total. The quantitative estimate of drug-likeness (QED) is 0.357. The van der Waals surface area contributed by atoms with Crippen molar-refractivity contribution in [2.24, 2.45) is 0 Å². The Morgan fingerprint density at radius 3 is 2.56 bits per heavy atom. The topological polar surface area (TPSA) is 114 Å². The summed E-state index contributed by atoms with van der Waals surface area (Å²) >= 11 is 0. The highest BCUT2D eigenvalue weighted by Gasteiger charge is 2.45. The number of fused-ring (bicyclic) bond motifs is 2. The molecule has 1 aromatic carbocycles. The first-order chi connectivity index (χ1) is 19.6. The van der Waals surface area contributed by atoms with E-state index in [2.05, 4.69) is 20.6 Å². The first kappa shape index (κ1) is 26.7. The molecular formula is C28H26F3N7O3. The van der Waals surface area contributed by atoms with Gasteiger partial charge in [0, 0.05) is 37.9 Å². The van der Waals surface area contributed by atoms with Gasteiger partial charge in [0.1, 0.15) is 29.6 Å². The first-order valence-electron chi connectivity index (χ1n) is 13.0. The smallest absolute Gasteiger partial charge is 0.273 e. The Hall–Kier alpha value is -4.52. The van der Waals surface area contributed by atoms with Crippen molar-refractivity contribution < 1.29 is 27.5 Å². The average Bonchev–Trinajstić information content (AvgIpc) is 3.42. The number of anilines is 1. The molecule has 4 aromatic rings. The second-order valence-corrected chi connectivity index (χ2v) is 10.5. The van der Waals surface area contributed by atoms with Crippen molar-refractivity contribution in [2.75, 3.05) is 31.5 Å². The molecule has 1 fully saturated rings. The molecule has 2 aliphatic rings. The Labute approximate surface area is 232 Å².